The van der Waals surface area contributed by atoms with Gasteiger partial charge in [0.2, 0.25) is 11.8 Å². The van der Waals surface area contributed by atoms with Crippen molar-refractivity contribution >= 4 is 18.9 Å². The van der Waals surface area contributed by atoms with Gasteiger partial charge in [0.15, 0.2) is 0 Å². The van der Waals surface area contributed by atoms with Crippen LogP contribution < -0.4 is 10.6 Å². The first-order valence-corrected chi connectivity index (χ1v) is 12.5. The smallest absolute Gasteiger partial charge is 0.404 e. The first-order valence-electron chi connectivity index (χ1n) is 12.5. The molecular formula is C26H38BFN2O4. The van der Waals surface area contributed by atoms with Gasteiger partial charge in [0.25, 0.3) is 0 Å². The van der Waals surface area contributed by atoms with E-state index in [2.05, 4.69) is 45.3 Å². The number of amides is 2. The number of hydrogen-bond acceptors (Lipinski definition) is 4. The summed E-state index contributed by atoms with van der Waals surface area (Å²) in [5.74, 6) is 0.207. The van der Waals surface area contributed by atoms with Crippen molar-refractivity contribution in [1.82, 2.24) is 10.6 Å². The minimum atomic E-state index is -0.619. The van der Waals surface area contributed by atoms with Crippen molar-refractivity contribution in [2.45, 2.75) is 90.9 Å². The molecule has 1 saturated heterocycles. The van der Waals surface area contributed by atoms with Crippen LogP contribution in [-0.4, -0.2) is 36.6 Å². The largest absolute Gasteiger partial charge is 0.481 e. The van der Waals surface area contributed by atoms with E-state index >= 15 is 0 Å². The van der Waals surface area contributed by atoms with Gasteiger partial charge in [0, 0.05) is 6.92 Å². The molecule has 0 spiro atoms. The molecule has 4 aliphatic rings. The summed E-state index contributed by atoms with van der Waals surface area (Å²) in [7, 11) is -0.509. The SMILES string of the molecule is CC(=O)NC(CC(=O)N[C@@H](CC(C)C)B1O[C@@H]2C[C@@H]3C[C@@H](C3(C)C)[C@]2(C)O1)c1cccc(F)c1. The third-order valence-corrected chi connectivity index (χ3v) is 8.39. The first-order chi connectivity index (χ1) is 15.9. The van der Waals surface area contributed by atoms with E-state index in [4.69, 9.17) is 9.31 Å². The van der Waals surface area contributed by atoms with E-state index in [9.17, 15) is 14.0 Å². The van der Waals surface area contributed by atoms with Gasteiger partial charge in [-0.05, 0) is 67.1 Å². The number of rotatable bonds is 8. The monoisotopic (exact) mass is 472 g/mol. The van der Waals surface area contributed by atoms with Crippen molar-refractivity contribution in [3.63, 3.8) is 0 Å². The molecule has 3 saturated carbocycles. The highest BCUT2D eigenvalue weighted by Gasteiger charge is 2.68. The van der Waals surface area contributed by atoms with Crippen LogP contribution in [0.1, 0.15) is 78.8 Å². The second kappa shape index (κ2) is 9.27. The molecule has 34 heavy (non-hydrogen) atoms. The van der Waals surface area contributed by atoms with E-state index in [1.165, 1.54) is 25.5 Å². The summed E-state index contributed by atoms with van der Waals surface area (Å²) in [5, 5.41) is 5.90. The Hall–Kier alpha value is -1.93. The second-order valence-corrected chi connectivity index (χ2v) is 11.7. The molecule has 6 atom stereocenters. The van der Waals surface area contributed by atoms with Crippen molar-refractivity contribution in [2.24, 2.45) is 23.2 Å². The van der Waals surface area contributed by atoms with E-state index < -0.39 is 19.0 Å². The van der Waals surface area contributed by atoms with Gasteiger partial charge in [-0.1, -0.05) is 39.8 Å². The topological polar surface area (TPSA) is 76.7 Å². The third kappa shape index (κ3) is 4.76. The zero-order valence-electron chi connectivity index (χ0n) is 21.2. The van der Waals surface area contributed by atoms with Crippen molar-refractivity contribution in [1.29, 1.82) is 0 Å². The van der Waals surface area contributed by atoms with Gasteiger partial charge in [-0.2, -0.15) is 0 Å². The maximum Gasteiger partial charge on any atom is 0.481 e. The fraction of sp³-hybridized carbons (Fsp3) is 0.692. The molecule has 2 amide bonds. The Bertz CT molecular complexity index is 941. The van der Waals surface area contributed by atoms with Crippen molar-refractivity contribution in [3.05, 3.63) is 35.6 Å². The molecule has 0 aromatic heterocycles. The Balaban J connectivity index is 1.47. The number of benzene rings is 1. The standard InChI is InChI=1S/C26H38BFN2O4/c1-15(2)10-23(27-33-22-13-18-12-21(25(18,4)5)26(22,6)34-27)30-24(32)14-20(29-16(3)31)17-8-7-9-19(28)11-17/h7-9,11,15,18,20-23H,10,12-14H2,1-6H3,(H,29,31)(H,30,32)/t18-,20?,21-,22+,23-,26-/m0/s1. The molecule has 1 unspecified atom stereocenters. The molecule has 8 heteroatoms. The molecule has 1 heterocycles. The summed E-state index contributed by atoms with van der Waals surface area (Å²) in [5.41, 5.74) is 0.458. The molecule has 0 radical (unpaired) electrons. The molecule has 5 rings (SSSR count). The normalized spacial score (nSPS) is 30.8. The van der Waals surface area contributed by atoms with Crippen LogP contribution in [0, 0.1) is 29.0 Å². The maximum absolute atomic E-state index is 13.8. The van der Waals surface area contributed by atoms with Crippen LogP contribution in [-0.2, 0) is 18.9 Å². The quantitative estimate of drug-likeness (QED) is 0.557. The molecule has 1 aromatic carbocycles. The van der Waals surface area contributed by atoms with Crippen molar-refractivity contribution < 1.29 is 23.3 Å². The second-order valence-electron chi connectivity index (χ2n) is 11.7. The molecule has 6 nitrogen and oxygen atoms in total. The van der Waals surface area contributed by atoms with E-state index in [0.717, 1.165) is 6.42 Å². The van der Waals surface area contributed by atoms with Gasteiger partial charge < -0.3 is 19.9 Å². The summed E-state index contributed by atoms with van der Waals surface area (Å²) in [6.07, 6.45) is 2.91. The molecular weight excluding hydrogens is 434 g/mol. The summed E-state index contributed by atoms with van der Waals surface area (Å²) < 4.78 is 26.8. The fourth-order valence-electron chi connectivity index (χ4n) is 6.49. The van der Waals surface area contributed by atoms with E-state index in [0.29, 0.717) is 29.7 Å². The van der Waals surface area contributed by atoms with E-state index in [1.807, 2.05) is 0 Å². The number of carbonyl (C=O) groups is 2. The minimum Gasteiger partial charge on any atom is -0.404 e. The van der Waals surface area contributed by atoms with Gasteiger partial charge in [0.05, 0.1) is 30.1 Å². The molecule has 3 aliphatic carbocycles. The maximum atomic E-state index is 13.8. The Morgan fingerprint density at radius 1 is 1.21 bits per heavy atom. The highest BCUT2D eigenvalue weighted by atomic mass is 19.1. The van der Waals surface area contributed by atoms with Crippen LogP contribution in [0.25, 0.3) is 0 Å². The lowest BCUT2D eigenvalue weighted by atomic mass is 9.43. The van der Waals surface area contributed by atoms with E-state index in [1.54, 1.807) is 12.1 Å². The van der Waals surface area contributed by atoms with Gasteiger partial charge in [-0.3, -0.25) is 9.59 Å². The Morgan fingerprint density at radius 3 is 2.56 bits per heavy atom. The summed E-state index contributed by atoms with van der Waals surface area (Å²) >= 11 is 0. The average molecular weight is 472 g/mol. The highest BCUT2D eigenvalue weighted by molar-refractivity contribution is 6.47. The Kier molecular flexibility index (Phi) is 6.86. The summed E-state index contributed by atoms with van der Waals surface area (Å²) in [6.45, 7) is 12.4. The Labute approximate surface area is 202 Å². The zero-order chi connectivity index (χ0) is 24.8. The minimum absolute atomic E-state index is 0.00275. The van der Waals surface area contributed by atoms with Crippen molar-refractivity contribution in [3.8, 4) is 0 Å². The molecule has 4 fully saturated rings. The van der Waals surface area contributed by atoms with Gasteiger partial charge in [-0.25, -0.2) is 4.39 Å². The molecule has 1 aromatic rings. The predicted octanol–water partition coefficient (Wildman–Crippen LogP) is 4.19. The third-order valence-electron chi connectivity index (χ3n) is 8.39. The number of carbonyl (C=O) groups excluding carboxylic acids is 2. The van der Waals surface area contributed by atoms with Gasteiger partial charge in [-0.15, -0.1) is 0 Å². The molecule has 1 aliphatic heterocycles. The van der Waals surface area contributed by atoms with Crippen LogP contribution >= 0.6 is 0 Å². The number of halogens is 1. The predicted molar refractivity (Wildman–Crippen MR) is 129 cm³/mol. The van der Waals surface area contributed by atoms with Crippen LogP contribution in [0.5, 0.6) is 0 Å². The van der Waals surface area contributed by atoms with Crippen molar-refractivity contribution in [2.75, 3.05) is 0 Å². The van der Waals surface area contributed by atoms with Crippen LogP contribution in [0.2, 0.25) is 0 Å². The first kappa shape index (κ1) is 25.2. The van der Waals surface area contributed by atoms with Gasteiger partial charge >= 0.3 is 7.12 Å². The fourth-order valence-corrected chi connectivity index (χ4v) is 6.49. The molecule has 2 bridgehead atoms. The molecule has 186 valence electrons. The van der Waals surface area contributed by atoms with Gasteiger partial charge in [0.1, 0.15) is 5.82 Å². The summed E-state index contributed by atoms with van der Waals surface area (Å²) in [6, 6.07) is 5.36. The lowest BCUT2D eigenvalue weighted by molar-refractivity contribution is -0.199. The number of hydrogen-bond donors (Lipinski definition) is 2. The van der Waals surface area contributed by atoms with Crippen LogP contribution in [0.4, 0.5) is 4.39 Å². The molecule has 2 N–H and O–H groups in total. The lowest BCUT2D eigenvalue weighted by Gasteiger charge is -2.64. The highest BCUT2D eigenvalue weighted by Crippen LogP contribution is 2.65. The average Bonchev–Trinajstić information content (AvgIpc) is 3.09. The van der Waals surface area contributed by atoms with Crippen LogP contribution in [0.3, 0.4) is 0 Å². The number of nitrogens with one attached hydrogen (secondary N) is 2. The van der Waals surface area contributed by atoms with E-state index in [-0.39, 0.29) is 41.3 Å². The Morgan fingerprint density at radius 2 is 1.94 bits per heavy atom. The summed E-state index contributed by atoms with van der Waals surface area (Å²) in [4.78, 5) is 24.9. The lowest BCUT2D eigenvalue weighted by Crippen LogP contribution is -2.65. The zero-order valence-corrected chi connectivity index (χ0v) is 21.2. The van der Waals surface area contributed by atoms with Crippen LogP contribution in [0.15, 0.2) is 24.3 Å².